The lowest BCUT2D eigenvalue weighted by atomic mass is 10.1. The molecule has 0 amide bonds. The second-order valence-corrected chi connectivity index (χ2v) is 4.12. The van der Waals surface area contributed by atoms with Gasteiger partial charge in [0.15, 0.2) is 0 Å². The van der Waals surface area contributed by atoms with Crippen LogP contribution in [0.5, 0.6) is 0 Å². The molecule has 1 heterocycles. The standard InChI is InChI=1S/C11H9Cl2N/c1-6-3-4-8-9(12)5-7(2)14-11(8)10(6)13/h3-5H,1-2H3. The van der Waals surface area contributed by atoms with Crippen molar-refractivity contribution < 1.29 is 0 Å². The average Bonchev–Trinajstić information content (AvgIpc) is 2.12. The molecule has 14 heavy (non-hydrogen) atoms. The number of pyridine rings is 1. The van der Waals surface area contributed by atoms with Gasteiger partial charge in [-0.2, -0.15) is 0 Å². The van der Waals surface area contributed by atoms with E-state index in [2.05, 4.69) is 4.98 Å². The summed E-state index contributed by atoms with van der Waals surface area (Å²) in [7, 11) is 0. The first-order valence-electron chi connectivity index (χ1n) is 4.31. The van der Waals surface area contributed by atoms with Gasteiger partial charge in [-0.15, -0.1) is 0 Å². The van der Waals surface area contributed by atoms with Crippen molar-refractivity contribution >= 4 is 34.1 Å². The van der Waals surface area contributed by atoms with Crippen LogP contribution in [0, 0.1) is 13.8 Å². The number of rotatable bonds is 0. The first-order valence-corrected chi connectivity index (χ1v) is 5.07. The fourth-order valence-corrected chi connectivity index (χ4v) is 1.95. The largest absolute Gasteiger partial charge is 0.251 e. The molecule has 2 rings (SSSR count). The molecule has 3 heteroatoms. The van der Waals surface area contributed by atoms with Crippen molar-refractivity contribution in [3.63, 3.8) is 0 Å². The van der Waals surface area contributed by atoms with E-state index >= 15 is 0 Å². The van der Waals surface area contributed by atoms with E-state index in [1.54, 1.807) is 0 Å². The Labute approximate surface area is 92.7 Å². The van der Waals surface area contributed by atoms with Gasteiger partial charge in [-0.1, -0.05) is 35.3 Å². The van der Waals surface area contributed by atoms with Gasteiger partial charge in [0.25, 0.3) is 0 Å². The van der Waals surface area contributed by atoms with Gasteiger partial charge in [0.2, 0.25) is 0 Å². The van der Waals surface area contributed by atoms with Gasteiger partial charge in [-0.05, 0) is 25.5 Å². The fourth-order valence-electron chi connectivity index (χ4n) is 1.44. The third-order valence-electron chi connectivity index (χ3n) is 2.19. The monoisotopic (exact) mass is 225 g/mol. The minimum atomic E-state index is 0.688. The second-order valence-electron chi connectivity index (χ2n) is 3.34. The third-order valence-corrected chi connectivity index (χ3v) is 2.98. The maximum absolute atomic E-state index is 6.15. The lowest BCUT2D eigenvalue weighted by Gasteiger charge is -2.05. The molecule has 0 unspecified atom stereocenters. The van der Waals surface area contributed by atoms with Crippen LogP contribution in [-0.2, 0) is 0 Å². The van der Waals surface area contributed by atoms with Crippen molar-refractivity contribution in [1.29, 1.82) is 0 Å². The maximum atomic E-state index is 6.15. The molecule has 0 atom stereocenters. The van der Waals surface area contributed by atoms with Crippen LogP contribution >= 0.6 is 23.2 Å². The van der Waals surface area contributed by atoms with Crippen molar-refractivity contribution in [2.75, 3.05) is 0 Å². The van der Waals surface area contributed by atoms with Gasteiger partial charge in [-0.25, -0.2) is 0 Å². The highest BCUT2D eigenvalue weighted by Crippen LogP contribution is 2.30. The molecule has 2 aromatic rings. The van der Waals surface area contributed by atoms with Crippen molar-refractivity contribution in [2.45, 2.75) is 13.8 Å². The van der Waals surface area contributed by atoms with Crippen LogP contribution in [0.3, 0.4) is 0 Å². The van der Waals surface area contributed by atoms with E-state index in [0.717, 1.165) is 22.2 Å². The molecule has 0 fully saturated rings. The van der Waals surface area contributed by atoms with Crippen molar-refractivity contribution in [1.82, 2.24) is 4.98 Å². The van der Waals surface area contributed by atoms with Crippen LogP contribution in [-0.4, -0.2) is 4.98 Å². The number of aromatic nitrogens is 1. The fraction of sp³-hybridized carbons (Fsp3) is 0.182. The normalized spacial score (nSPS) is 10.9. The number of fused-ring (bicyclic) bond motifs is 1. The molecule has 0 saturated carbocycles. The van der Waals surface area contributed by atoms with Crippen LogP contribution in [0.2, 0.25) is 10.0 Å². The van der Waals surface area contributed by atoms with E-state index in [1.807, 2.05) is 32.0 Å². The van der Waals surface area contributed by atoms with Gasteiger partial charge in [0, 0.05) is 11.1 Å². The minimum absolute atomic E-state index is 0.688. The first kappa shape index (κ1) is 9.75. The topological polar surface area (TPSA) is 12.9 Å². The zero-order valence-corrected chi connectivity index (χ0v) is 9.45. The van der Waals surface area contributed by atoms with Crippen LogP contribution in [0.4, 0.5) is 0 Å². The van der Waals surface area contributed by atoms with Crippen molar-refractivity contribution in [3.05, 3.63) is 39.5 Å². The lowest BCUT2D eigenvalue weighted by Crippen LogP contribution is -1.87. The third kappa shape index (κ3) is 1.47. The Morgan fingerprint density at radius 2 is 1.86 bits per heavy atom. The molecule has 0 aliphatic heterocycles. The molecule has 0 bridgehead atoms. The molecule has 0 saturated heterocycles. The van der Waals surface area contributed by atoms with Gasteiger partial charge in [0.1, 0.15) is 0 Å². The van der Waals surface area contributed by atoms with Crippen LogP contribution in [0.25, 0.3) is 10.9 Å². The molecule has 1 aromatic carbocycles. The summed E-state index contributed by atoms with van der Waals surface area (Å²) in [6, 6.07) is 5.74. The summed E-state index contributed by atoms with van der Waals surface area (Å²) in [6.07, 6.45) is 0. The Bertz CT molecular complexity index is 506. The summed E-state index contributed by atoms with van der Waals surface area (Å²) < 4.78 is 0. The smallest absolute Gasteiger partial charge is 0.0908 e. The highest BCUT2D eigenvalue weighted by molar-refractivity contribution is 6.39. The zero-order chi connectivity index (χ0) is 10.3. The lowest BCUT2D eigenvalue weighted by molar-refractivity contribution is 1.25. The maximum Gasteiger partial charge on any atom is 0.0908 e. The molecule has 0 N–H and O–H groups in total. The summed E-state index contributed by atoms with van der Waals surface area (Å²) in [5.41, 5.74) is 2.69. The molecule has 0 aliphatic carbocycles. The first-order chi connectivity index (χ1) is 6.59. The molecular weight excluding hydrogens is 217 g/mol. The summed E-state index contributed by atoms with van der Waals surface area (Å²) >= 11 is 12.2. The number of hydrogen-bond acceptors (Lipinski definition) is 1. The van der Waals surface area contributed by atoms with E-state index < -0.39 is 0 Å². The highest BCUT2D eigenvalue weighted by atomic mass is 35.5. The Hall–Kier alpha value is -0.790. The van der Waals surface area contributed by atoms with Crippen LogP contribution in [0.1, 0.15) is 11.3 Å². The van der Waals surface area contributed by atoms with Gasteiger partial charge < -0.3 is 0 Å². The Balaban J connectivity index is 2.95. The van der Waals surface area contributed by atoms with Crippen LogP contribution < -0.4 is 0 Å². The van der Waals surface area contributed by atoms with Gasteiger partial charge in [0.05, 0.1) is 15.6 Å². The predicted octanol–water partition coefficient (Wildman–Crippen LogP) is 4.16. The summed E-state index contributed by atoms with van der Waals surface area (Å²) in [5, 5.41) is 2.30. The van der Waals surface area contributed by atoms with E-state index in [-0.39, 0.29) is 0 Å². The van der Waals surface area contributed by atoms with Crippen LogP contribution in [0.15, 0.2) is 18.2 Å². The van der Waals surface area contributed by atoms with Gasteiger partial charge in [-0.3, -0.25) is 4.98 Å². The Morgan fingerprint density at radius 1 is 1.14 bits per heavy atom. The quantitative estimate of drug-likeness (QED) is 0.657. The molecule has 1 aromatic heterocycles. The van der Waals surface area contributed by atoms with Gasteiger partial charge >= 0.3 is 0 Å². The zero-order valence-electron chi connectivity index (χ0n) is 7.94. The SMILES string of the molecule is Cc1cc(Cl)c2ccc(C)c(Cl)c2n1. The van der Waals surface area contributed by atoms with E-state index in [4.69, 9.17) is 23.2 Å². The van der Waals surface area contributed by atoms with Crippen molar-refractivity contribution in [2.24, 2.45) is 0 Å². The second kappa shape index (κ2) is 3.41. The average molecular weight is 226 g/mol. The highest BCUT2D eigenvalue weighted by Gasteiger charge is 2.07. The number of aryl methyl sites for hydroxylation is 2. The number of benzene rings is 1. The number of nitrogens with zero attached hydrogens (tertiary/aromatic N) is 1. The number of hydrogen-bond donors (Lipinski definition) is 0. The Morgan fingerprint density at radius 3 is 2.57 bits per heavy atom. The van der Waals surface area contributed by atoms with Crippen molar-refractivity contribution in [3.8, 4) is 0 Å². The molecule has 0 spiro atoms. The van der Waals surface area contributed by atoms with E-state index in [0.29, 0.717) is 10.0 Å². The molecule has 72 valence electrons. The molecular formula is C11H9Cl2N. The molecule has 0 aliphatic rings. The minimum Gasteiger partial charge on any atom is -0.251 e. The predicted molar refractivity (Wildman–Crippen MR) is 61.2 cm³/mol. The molecule has 1 nitrogen and oxygen atoms in total. The summed E-state index contributed by atoms with van der Waals surface area (Å²) in [6.45, 7) is 3.86. The number of halogens is 2. The van der Waals surface area contributed by atoms with E-state index in [9.17, 15) is 0 Å². The Kier molecular flexibility index (Phi) is 2.38. The summed E-state index contributed by atoms with van der Waals surface area (Å²) in [4.78, 5) is 4.38. The molecule has 0 radical (unpaired) electrons. The van der Waals surface area contributed by atoms with E-state index in [1.165, 1.54) is 0 Å². The summed E-state index contributed by atoms with van der Waals surface area (Å²) in [5.74, 6) is 0.